The molecule has 2 unspecified atom stereocenters. The van der Waals surface area contributed by atoms with Crippen molar-refractivity contribution in [2.75, 3.05) is 26.7 Å². The Hall–Kier alpha value is -0.380. The maximum atomic E-state index is 3.52. The second-order valence-electron chi connectivity index (χ2n) is 5.39. The van der Waals surface area contributed by atoms with Gasteiger partial charge in [0.2, 0.25) is 0 Å². The second-order valence-corrected chi connectivity index (χ2v) is 6.37. The molecule has 1 aliphatic rings. The third kappa shape index (κ3) is 2.90. The van der Waals surface area contributed by atoms with Crippen LogP contribution in [0.4, 0.5) is 0 Å². The van der Waals surface area contributed by atoms with Gasteiger partial charge in [-0.25, -0.2) is 0 Å². The van der Waals surface area contributed by atoms with Crippen molar-refractivity contribution in [3.05, 3.63) is 22.4 Å². The molecule has 0 aliphatic carbocycles. The first kappa shape index (κ1) is 13.1. The molecule has 0 spiro atoms. The third-order valence-corrected chi connectivity index (χ3v) is 5.33. The van der Waals surface area contributed by atoms with E-state index in [0.717, 1.165) is 0 Å². The molecule has 0 amide bonds. The highest BCUT2D eigenvalue weighted by Gasteiger charge is 2.34. The first-order valence-electron chi connectivity index (χ1n) is 6.61. The monoisotopic (exact) mass is 252 g/mol. The summed E-state index contributed by atoms with van der Waals surface area (Å²) in [5, 5.41) is 5.69. The molecule has 0 saturated carbocycles. The van der Waals surface area contributed by atoms with Crippen LogP contribution in [0.15, 0.2) is 17.5 Å². The summed E-state index contributed by atoms with van der Waals surface area (Å²) in [4.78, 5) is 3.99. The standard InChI is InChI=1S/C14H24N2S/c1-4-14(7-8-15-10-14)11-16(3)12(2)13-6-5-9-17-13/h5-6,9,12,15H,4,7-8,10-11H2,1-3H3. The first-order chi connectivity index (χ1) is 8.17. The zero-order valence-corrected chi connectivity index (χ0v) is 12.0. The second kappa shape index (κ2) is 5.51. The Kier molecular flexibility index (Phi) is 4.23. The molecule has 1 fully saturated rings. The van der Waals surface area contributed by atoms with Crippen LogP contribution in [0.5, 0.6) is 0 Å². The Balaban J connectivity index is 1.98. The van der Waals surface area contributed by atoms with Crippen molar-refractivity contribution in [2.45, 2.75) is 32.7 Å². The summed E-state index contributed by atoms with van der Waals surface area (Å²) in [6, 6.07) is 4.94. The fourth-order valence-electron chi connectivity index (χ4n) is 2.76. The van der Waals surface area contributed by atoms with Crippen LogP contribution in [-0.2, 0) is 0 Å². The summed E-state index contributed by atoms with van der Waals surface area (Å²) in [6.45, 7) is 8.23. The lowest BCUT2D eigenvalue weighted by Gasteiger charge is -2.35. The van der Waals surface area contributed by atoms with Crippen LogP contribution in [-0.4, -0.2) is 31.6 Å². The van der Waals surface area contributed by atoms with Crippen molar-refractivity contribution in [1.82, 2.24) is 10.2 Å². The number of nitrogens with zero attached hydrogens (tertiary/aromatic N) is 1. The predicted octanol–water partition coefficient (Wildman–Crippen LogP) is 3.13. The topological polar surface area (TPSA) is 15.3 Å². The van der Waals surface area contributed by atoms with Crippen LogP contribution in [0.3, 0.4) is 0 Å². The summed E-state index contributed by atoms with van der Waals surface area (Å²) in [5.74, 6) is 0. The van der Waals surface area contributed by atoms with E-state index in [1.165, 1.54) is 37.4 Å². The number of hydrogen-bond acceptors (Lipinski definition) is 3. The molecule has 2 heterocycles. The number of rotatable bonds is 5. The van der Waals surface area contributed by atoms with E-state index < -0.39 is 0 Å². The van der Waals surface area contributed by atoms with Gasteiger partial charge in [0.15, 0.2) is 0 Å². The molecule has 96 valence electrons. The van der Waals surface area contributed by atoms with Crippen LogP contribution in [0.2, 0.25) is 0 Å². The predicted molar refractivity (Wildman–Crippen MR) is 75.6 cm³/mol. The van der Waals surface area contributed by atoms with Gasteiger partial charge in [-0.1, -0.05) is 13.0 Å². The minimum Gasteiger partial charge on any atom is -0.316 e. The van der Waals surface area contributed by atoms with E-state index in [1.807, 2.05) is 11.3 Å². The highest BCUT2D eigenvalue weighted by atomic mass is 32.1. The molecule has 0 bridgehead atoms. The van der Waals surface area contributed by atoms with Crippen molar-refractivity contribution < 1.29 is 0 Å². The minimum atomic E-state index is 0.500. The largest absolute Gasteiger partial charge is 0.316 e. The summed E-state index contributed by atoms with van der Waals surface area (Å²) in [7, 11) is 2.26. The molecule has 17 heavy (non-hydrogen) atoms. The number of hydrogen-bond donors (Lipinski definition) is 1. The van der Waals surface area contributed by atoms with E-state index in [2.05, 4.69) is 48.6 Å². The van der Waals surface area contributed by atoms with Crippen LogP contribution in [0.1, 0.15) is 37.6 Å². The fraction of sp³-hybridized carbons (Fsp3) is 0.714. The fourth-order valence-corrected chi connectivity index (χ4v) is 3.60. The molecular weight excluding hydrogens is 228 g/mol. The Labute approximate surface area is 109 Å². The molecular formula is C14H24N2S. The number of nitrogens with one attached hydrogen (secondary N) is 1. The van der Waals surface area contributed by atoms with Gasteiger partial charge in [-0.15, -0.1) is 11.3 Å². The van der Waals surface area contributed by atoms with Crippen LogP contribution in [0.25, 0.3) is 0 Å². The van der Waals surface area contributed by atoms with Crippen molar-refractivity contribution in [3.63, 3.8) is 0 Å². The van der Waals surface area contributed by atoms with Crippen molar-refractivity contribution in [2.24, 2.45) is 5.41 Å². The highest BCUT2D eigenvalue weighted by molar-refractivity contribution is 7.10. The van der Waals surface area contributed by atoms with E-state index in [1.54, 1.807) is 0 Å². The molecule has 1 saturated heterocycles. The van der Waals surface area contributed by atoms with Gasteiger partial charge in [0.25, 0.3) is 0 Å². The summed E-state index contributed by atoms with van der Waals surface area (Å²) in [5.41, 5.74) is 0.500. The van der Waals surface area contributed by atoms with Gasteiger partial charge in [-0.05, 0) is 50.2 Å². The van der Waals surface area contributed by atoms with Gasteiger partial charge in [0, 0.05) is 24.0 Å². The lowest BCUT2D eigenvalue weighted by Crippen LogP contribution is -2.38. The van der Waals surface area contributed by atoms with Crippen molar-refractivity contribution >= 4 is 11.3 Å². The summed E-state index contributed by atoms with van der Waals surface area (Å²) < 4.78 is 0. The average molecular weight is 252 g/mol. The minimum absolute atomic E-state index is 0.500. The SMILES string of the molecule is CCC1(CN(C)C(C)c2cccs2)CCNC1. The lowest BCUT2D eigenvalue weighted by atomic mass is 9.83. The molecule has 1 aliphatic heterocycles. The van der Waals surface area contributed by atoms with E-state index in [0.29, 0.717) is 11.5 Å². The number of thiophene rings is 1. The lowest BCUT2D eigenvalue weighted by molar-refractivity contribution is 0.152. The molecule has 2 nitrogen and oxygen atoms in total. The van der Waals surface area contributed by atoms with Gasteiger partial charge in [0.1, 0.15) is 0 Å². The van der Waals surface area contributed by atoms with Crippen LogP contribution >= 0.6 is 11.3 Å². The molecule has 1 aromatic rings. The molecule has 3 heteroatoms. The molecule has 0 aromatic carbocycles. The molecule has 1 aromatic heterocycles. The highest BCUT2D eigenvalue weighted by Crippen LogP contribution is 2.33. The van der Waals surface area contributed by atoms with Crippen molar-refractivity contribution in [1.29, 1.82) is 0 Å². The Morgan fingerprint density at radius 1 is 1.59 bits per heavy atom. The van der Waals surface area contributed by atoms with Gasteiger partial charge in [-0.3, -0.25) is 4.90 Å². The quantitative estimate of drug-likeness (QED) is 0.866. The van der Waals surface area contributed by atoms with Gasteiger partial charge in [0.05, 0.1) is 0 Å². The summed E-state index contributed by atoms with van der Waals surface area (Å²) in [6.07, 6.45) is 2.60. The van der Waals surface area contributed by atoms with Crippen LogP contribution < -0.4 is 5.32 Å². The zero-order chi connectivity index (χ0) is 12.3. The molecule has 1 N–H and O–H groups in total. The first-order valence-corrected chi connectivity index (χ1v) is 7.49. The molecule has 2 rings (SSSR count). The van der Waals surface area contributed by atoms with E-state index in [9.17, 15) is 0 Å². The van der Waals surface area contributed by atoms with Gasteiger partial charge < -0.3 is 5.32 Å². The maximum absolute atomic E-state index is 3.52. The Morgan fingerprint density at radius 3 is 2.94 bits per heavy atom. The Bertz CT molecular complexity index is 328. The van der Waals surface area contributed by atoms with Crippen LogP contribution in [0, 0.1) is 5.41 Å². The van der Waals surface area contributed by atoms with Crippen molar-refractivity contribution in [3.8, 4) is 0 Å². The normalized spacial score (nSPS) is 26.6. The van der Waals surface area contributed by atoms with Gasteiger partial charge >= 0.3 is 0 Å². The van der Waals surface area contributed by atoms with E-state index in [-0.39, 0.29) is 0 Å². The Morgan fingerprint density at radius 2 is 2.41 bits per heavy atom. The summed E-state index contributed by atoms with van der Waals surface area (Å²) >= 11 is 1.87. The molecule has 0 radical (unpaired) electrons. The van der Waals surface area contributed by atoms with E-state index in [4.69, 9.17) is 0 Å². The third-order valence-electron chi connectivity index (χ3n) is 4.28. The maximum Gasteiger partial charge on any atom is 0.0410 e. The average Bonchev–Trinajstić information content (AvgIpc) is 2.99. The smallest absolute Gasteiger partial charge is 0.0410 e. The zero-order valence-electron chi connectivity index (χ0n) is 11.2. The van der Waals surface area contributed by atoms with Gasteiger partial charge in [-0.2, -0.15) is 0 Å². The molecule has 2 atom stereocenters. The van der Waals surface area contributed by atoms with E-state index >= 15 is 0 Å².